The number of benzene rings is 1. The van der Waals surface area contributed by atoms with Crippen LogP contribution in [0, 0.1) is 0 Å². The van der Waals surface area contributed by atoms with Gasteiger partial charge in [-0.3, -0.25) is 9.59 Å². The smallest absolute Gasteiger partial charge is 0.251 e. The van der Waals surface area contributed by atoms with Gasteiger partial charge in [0.1, 0.15) is 0 Å². The Morgan fingerprint density at radius 2 is 1.73 bits per heavy atom. The first-order valence-electron chi connectivity index (χ1n) is 7.82. The Balaban J connectivity index is 1.85. The number of carbonyl (C=O) groups excluding carboxylic acids is 2. The summed E-state index contributed by atoms with van der Waals surface area (Å²) in [6, 6.07) is 7.11. The van der Waals surface area contributed by atoms with Crippen molar-refractivity contribution in [2.45, 2.75) is 51.2 Å². The normalized spacial score (nSPS) is 16.8. The zero-order valence-corrected chi connectivity index (χ0v) is 13.0. The first-order valence-corrected chi connectivity index (χ1v) is 7.82. The van der Waals surface area contributed by atoms with Crippen LogP contribution < -0.4 is 10.6 Å². The molecule has 1 aliphatic carbocycles. The van der Waals surface area contributed by atoms with E-state index in [1.807, 2.05) is 12.1 Å². The van der Waals surface area contributed by atoms with Crippen LogP contribution in [0.4, 0.5) is 0 Å². The second kappa shape index (κ2) is 7.40. The third-order valence-corrected chi connectivity index (χ3v) is 4.12. The lowest BCUT2D eigenvalue weighted by Crippen LogP contribution is -2.44. The molecule has 5 nitrogen and oxygen atoms in total. The molecular weight excluding hydrogens is 280 g/mol. The lowest BCUT2D eigenvalue weighted by atomic mass is 9.85. The van der Waals surface area contributed by atoms with E-state index >= 15 is 0 Å². The Kier molecular flexibility index (Phi) is 5.55. The summed E-state index contributed by atoms with van der Waals surface area (Å²) in [6.07, 6.45) is 4.70. The molecule has 1 aromatic carbocycles. The van der Waals surface area contributed by atoms with E-state index in [2.05, 4.69) is 10.6 Å². The molecule has 5 heteroatoms. The second-order valence-corrected chi connectivity index (χ2v) is 6.07. The summed E-state index contributed by atoms with van der Waals surface area (Å²) < 4.78 is 0. The van der Waals surface area contributed by atoms with Crippen LogP contribution in [-0.4, -0.2) is 29.1 Å². The molecule has 1 saturated carbocycles. The monoisotopic (exact) mass is 304 g/mol. The molecule has 22 heavy (non-hydrogen) atoms. The fourth-order valence-electron chi connectivity index (χ4n) is 2.73. The van der Waals surface area contributed by atoms with Gasteiger partial charge in [0.15, 0.2) is 0 Å². The predicted molar refractivity (Wildman–Crippen MR) is 84.3 cm³/mol. The molecule has 0 heterocycles. The minimum Gasteiger partial charge on any atom is -0.388 e. The van der Waals surface area contributed by atoms with E-state index < -0.39 is 5.60 Å². The number of hydrogen-bond donors (Lipinski definition) is 3. The summed E-state index contributed by atoms with van der Waals surface area (Å²) >= 11 is 0. The van der Waals surface area contributed by atoms with E-state index in [0.29, 0.717) is 18.7 Å². The molecule has 0 aromatic heterocycles. The molecule has 2 amide bonds. The lowest BCUT2D eigenvalue weighted by molar-refractivity contribution is -0.119. The van der Waals surface area contributed by atoms with Gasteiger partial charge >= 0.3 is 0 Å². The van der Waals surface area contributed by atoms with Gasteiger partial charge in [-0.05, 0) is 30.5 Å². The van der Waals surface area contributed by atoms with Crippen LogP contribution in [0.3, 0.4) is 0 Å². The van der Waals surface area contributed by atoms with Crippen LogP contribution in [0.25, 0.3) is 0 Å². The van der Waals surface area contributed by atoms with Crippen molar-refractivity contribution in [3.63, 3.8) is 0 Å². The molecule has 0 unspecified atom stereocenters. The molecule has 1 aliphatic rings. The van der Waals surface area contributed by atoms with E-state index in [0.717, 1.165) is 37.7 Å². The zero-order chi connectivity index (χ0) is 16.0. The first kappa shape index (κ1) is 16.5. The van der Waals surface area contributed by atoms with E-state index in [1.54, 1.807) is 12.1 Å². The lowest BCUT2D eigenvalue weighted by Gasteiger charge is -2.32. The summed E-state index contributed by atoms with van der Waals surface area (Å²) in [7, 11) is 0. The predicted octanol–water partition coefficient (Wildman–Crippen LogP) is 1.75. The van der Waals surface area contributed by atoms with E-state index in [-0.39, 0.29) is 11.8 Å². The molecule has 0 aliphatic heterocycles. The molecule has 1 aromatic rings. The van der Waals surface area contributed by atoms with Gasteiger partial charge in [-0.2, -0.15) is 0 Å². The minimum absolute atomic E-state index is 0.0810. The Labute approximate surface area is 131 Å². The van der Waals surface area contributed by atoms with Crippen molar-refractivity contribution in [1.29, 1.82) is 0 Å². The van der Waals surface area contributed by atoms with E-state index in [9.17, 15) is 14.7 Å². The van der Waals surface area contributed by atoms with Crippen LogP contribution in [0.15, 0.2) is 24.3 Å². The Bertz CT molecular complexity index is 519. The maximum Gasteiger partial charge on any atom is 0.251 e. The van der Waals surface area contributed by atoms with Crippen molar-refractivity contribution in [3.8, 4) is 0 Å². The highest BCUT2D eigenvalue weighted by Crippen LogP contribution is 2.27. The molecular formula is C17H24N2O3. The average molecular weight is 304 g/mol. The third-order valence-electron chi connectivity index (χ3n) is 4.12. The van der Waals surface area contributed by atoms with Crippen molar-refractivity contribution in [3.05, 3.63) is 35.4 Å². The van der Waals surface area contributed by atoms with Crippen LogP contribution in [0.5, 0.6) is 0 Å². The molecule has 120 valence electrons. The van der Waals surface area contributed by atoms with Crippen molar-refractivity contribution >= 4 is 11.8 Å². The van der Waals surface area contributed by atoms with Crippen LogP contribution in [-0.2, 0) is 11.3 Å². The van der Waals surface area contributed by atoms with Crippen molar-refractivity contribution in [1.82, 2.24) is 10.6 Å². The molecule has 0 spiro atoms. The Morgan fingerprint density at radius 1 is 1.09 bits per heavy atom. The first-order chi connectivity index (χ1) is 10.5. The molecule has 2 rings (SSSR count). The van der Waals surface area contributed by atoms with Gasteiger partial charge < -0.3 is 15.7 Å². The highest BCUT2D eigenvalue weighted by Gasteiger charge is 2.29. The molecule has 0 radical (unpaired) electrons. The zero-order valence-electron chi connectivity index (χ0n) is 13.0. The van der Waals surface area contributed by atoms with Crippen molar-refractivity contribution in [2.75, 3.05) is 6.54 Å². The maximum atomic E-state index is 12.1. The van der Waals surface area contributed by atoms with Crippen molar-refractivity contribution in [2.24, 2.45) is 0 Å². The standard InChI is InChI=1S/C17H24N2O3/c1-13(20)18-11-14-5-7-15(8-6-14)16(21)19-12-17(22)9-3-2-4-10-17/h5-8,22H,2-4,9-12H2,1H3,(H,18,20)(H,19,21). The fraction of sp³-hybridized carbons (Fsp3) is 0.529. The van der Waals surface area contributed by atoms with Crippen LogP contribution >= 0.6 is 0 Å². The fourth-order valence-corrected chi connectivity index (χ4v) is 2.73. The summed E-state index contributed by atoms with van der Waals surface area (Å²) in [5.74, 6) is -0.257. The van der Waals surface area contributed by atoms with Gasteiger partial charge in [-0.25, -0.2) is 0 Å². The van der Waals surface area contributed by atoms with Crippen LogP contribution in [0.2, 0.25) is 0 Å². The molecule has 3 N–H and O–H groups in total. The number of rotatable bonds is 5. The largest absolute Gasteiger partial charge is 0.388 e. The number of nitrogens with one attached hydrogen (secondary N) is 2. The van der Waals surface area contributed by atoms with Gasteiger partial charge in [0.25, 0.3) is 5.91 Å². The number of hydrogen-bond acceptors (Lipinski definition) is 3. The second-order valence-electron chi connectivity index (χ2n) is 6.07. The topological polar surface area (TPSA) is 78.4 Å². The minimum atomic E-state index is -0.751. The number of carbonyl (C=O) groups is 2. The summed E-state index contributed by atoms with van der Waals surface area (Å²) in [4.78, 5) is 23.0. The third kappa shape index (κ3) is 4.84. The average Bonchev–Trinajstić information content (AvgIpc) is 2.52. The number of amides is 2. The molecule has 0 saturated heterocycles. The van der Waals surface area contributed by atoms with Gasteiger partial charge in [-0.1, -0.05) is 31.4 Å². The van der Waals surface area contributed by atoms with Gasteiger partial charge in [0.2, 0.25) is 5.91 Å². The summed E-state index contributed by atoms with van der Waals surface area (Å²) in [5, 5.41) is 15.9. The molecule has 0 atom stereocenters. The van der Waals surface area contributed by atoms with E-state index in [4.69, 9.17) is 0 Å². The highest BCUT2D eigenvalue weighted by atomic mass is 16.3. The SMILES string of the molecule is CC(=O)NCc1ccc(C(=O)NCC2(O)CCCCC2)cc1. The van der Waals surface area contributed by atoms with E-state index in [1.165, 1.54) is 6.92 Å². The number of aliphatic hydroxyl groups is 1. The quantitative estimate of drug-likeness (QED) is 0.775. The Hall–Kier alpha value is -1.88. The highest BCUT2D eigenvalue weighted by molar-refractivity contribution is 5.94. The Morgan fingerprint density at radius 3 is 2.32 bits per heavy atom. The summed E-state index contributed by atoms with van der Waals surface area (Å²) in [5.41, 5.74) is 0.753. The van der Waals surface area contributed by atoms with Gasteiger partial charge in [0.05, 0.1) is 5.60 Å². The molecule has 1 fully saturated rings. The van der Waals surface area contributed by atoms with Crippen LogP contribution in [0.1, 0.15) is 54.9 Å². The van der Waals surface area contributed by atoms with Gasteiger partial charge in [-0.15, -0.1) is 0 Å². The maximum absolute atomic E-state index is 12.1. The molecule has 0 bridgehead atoms. The van der Waals surface area contributed by atoms with Gasteiger partial charge in [0, 0.05) is 25.6 Å². The van der Waals surface area contributed by atoms with Crippen molar-refractivity contribution < 1.29 is 14.7 Å². The summed E-state index contributed by atoms with van der Waals surface area (Å²) in [6.45, 7) is 2.23.